The van der Waals surface area contributed by atoms with Crippen LogP contribution in [0.15, 0.2) is 79.1 Å². The molecule has 0 saturated carbocycles. The van der Waals surface area contributed by atoms with Gasteiger partial charge in [-0.2, -0.15) is 4.57 Å². The number of para-hydroxylation sites is 2. The van der Waals surface area contributed by atoms with E-state index in [9.17, 15) is 0 Å². The van der Waals surface area contributed by atoms with Gasteiger partial charge in [-0.25, -0.2) is 4.57 Å². The van der Waals surface area contributed by atoms with Gasteiger partial charge in [-0.15, -0.1) is 0 Å². The quantitative estimate of drug-likeness (QED) is 0.389. The Morgan fingerprint density at radius 1 is 0.929 bits per heavy atom. The Hall–Kier alpha value is -3.46. The summed E-state index contributed by atoms with van der Waals surface area (Å²) >= 11 is 0. The summed E-state index contributed by atoms with van der Waals surface area (Å²) in [4.78, 5) is 4.17. The molecule has 0 N–H and O–H groups in total. The van der Waals surface area contributed by atoms with Crippen LogP contribution >= 0.6 is 0 Å². The highest BCUT2D eigenvalue weighted by Crippen LogP contribution is 2.31. The molecule has 0 aliphatic rings. The molecule has 0 atom stereocenters. The molecule has 0 amide bonds. The van der Waals surface area contributed by atoms with E-state index < -0.39 is 6.85 Å². The van der Waals surface area contributed by atoms with Gasteiger partial charge in [0.2, 0.25) is 0 Å². The highest BCUT2D eigenvalue weighted by atomic mass is 15.2. The lowest BCUT2D eigenvalue weighted by atomic mass is 10.1. The Morgan fingerprint density at radius 3 is 2.61 bits per heavy atom. The smallest absolute Gasteiger partial charge is 0.264 e. The van der Waals surface area contributed by atoms with Crippen molar-refractivity contribution < 1.29 is 8.68 Å². The van der Waals surface area contributed by atoms with E-state index in [0.717, 1.165) is 38.8 Å². The number of aromatic nitrogens is 3. The fourth-order valence-corrected chi connectivity index (χ4v) is 3.99. The lowest BCUT2D eigenvalue weighted by molar-refractivity contribution is -0.633. The normalized spacial score (nSPS) is 13.4. The Balaban J connectivity index is 1.98. The first kappa shape index (κ1) is 13.7. The zero-order chi connectivity index (χ0) is 21.8. The van der Waals surface area contributed by atoms with Crippen LogP contribution in [0.5, 0.6) is 0 Å². The predicted octanol–water partition coefficient (Wildman–Crippen LogP) is 5.29. The van der Waals surface area contributed by atoms with Crippen LogP contribution in [0.1, 0.15) is 15.2 Å². The molecule has 28 heavy (non-hydrogen) atoms. The van der Waals surface area contributed by atoms with Gasteiger partial charge in [0.05, 0.1) is 12.6 Å². The largest absolute Gasteiger partial charge is 0.295 e. The summed E-state index contributed by atoms with van der Waals surface area (Å²) in [5.41, 5.74) is 5.15. The van der Waals surface area contributed by atoms with Gasteiger partial charge < -0.3 is 0 Å². The number of imidazole rings is 1. The number of benzene rings is 3. The van der Waals surface area contributed by atoms with Crippen molar-refractivity contribution in [1.82, 2.24) is 9.55 Å². The predicted molar refractivity (Wildman–Crippen MR) is 115 cm³/mol. The van der Waals surface area contributed by atoms with Crippen LogP contribution in [0.4, 0.5) is 0 Å². The van der Waals surface area contributed by atoms with Crippen LogP contribution in [0.25, 0.3) is 38.9 Å². The van der Waals surface area contributed by atoms with Crippen molar-refractivity contribution in [2.24, 2.45) is 7.05 Å². The maximum atomic E-state index is 8.26. The van der Waals surface area contributed by atoms with Crippen molar-refractivity contribution in [3.63, 3.8) is 0 Å². The lowest BCUT2D eigenvalue weighted by Gasteiger charge is -2.09. The van der Waals surface area contributed by atoms with E-state index >= 15 is 0 Å². The number of nitrogens with zero attached hydrogens (tertiary/aromatic N) is 3. The van der Waals surface area contributed by atoms with Crippen LogP contribution in [0.2, 0.25) is 0 Å². The monoisotopic (exact) mass is 367 g/mol. The fourth-order valence-electron chi connectivity index (χ4n) is 3.99. The van der Waals surface area contributed by atoms with E-state index in [2.05, 4.69) is 39.2 Å². The molecule has 0 aliphatic carbocycles. The van der Waals surface area contributed by atoms with Crippen LogP contribution < -0.4 is 4.57 Å². The zero-order valence-electron chi connectivity index (χ0n) is 18.8. The number of hydrogen-bond donors (Lipinski definition) is 0. The fraction of sp³-hybridized carbons (Fsp3) is 0.120. The zero-order valence-corrected chi connectivity index (χ0v) is 15.8. The number of hydrogen-bond acceptors (Lipinski definition) is 1. The maximum Gasteiger partial charge on any atom is 0.295 e. The van der Waals surface area contributed by atoms with Crippen molar-refractivity contribution in [2.75, 3.05) is 0 Å². The molecule has 3 aromatic carbocycles. The van der Waals surface area contributed by atoms with E-state index in [-0.39, 0.29) is 0 Å². The highest BCUT2D eigenvalue weighted by molar-refractivity contribution is 5.87. The topological polar surface area (TPSA) is 21.7 Å². The average Bonchev–Trinajstić information content (AvgIpc) is 3.05. The summed E-state index contributed by atoms with van der Waals surface area (Å²) in [7, 11) is 2.03. The molecule has 3 nitrogen and oxygen atoms in total. The van der Waals surface area contributed by atoms with E-state index in [1.54, 1.807) is 18.5 Å². The molecule has 0 fully saturated rings. The Morgan fingerprint density at radius 2 is 1.75 bits per heavy atom. The molecular formula is C25H22N3+. The molecule has 0 spiro atoms. The minimum atomic E-state index is -2.27. The molecule has 0 saturated heterocycles. The first-order valence-electron chi connectivity index (χ1n) is 10.8. The Bertz CT molecular complexity index is 1450. The standard InChI is InChI=1S/C25H22N3/c1-17-8-4-5-9-21(17)25-27(3)22-10-6-7-11-23(22)28(25)24-15-19-12-13-26-16-20(19)14-18(24)2/h4-16H,1-3H3/q+1/i2D3. The first-order valence-corrected chi connectivity index (χ1v) is 9.30. The third-order valence-corrected chi connectivity index (χ3v) is 5.40. The van der Waals surface area contributed by atoms with Crippen molar-refractivity contribution >= 4 is 21.8 Å². The summed E-state index contributed by atoms with van der Waals surface area (Å²) in [6.07, 6.45) is 3.45. The van der Waals surface area contributed by atoms with Crippen LogP contribution in [0.3, 0.4) is 0 Å². The molecule has 5 rings (SSSR count). The molecule has 5 aromatic rings. The summed E-state index contributed by atoms with van der Waals surface area (Å²) in [5.74, 6) is 0.943. The Kier molecular flexibility index (Phi) is 3.08. The summed E-state index contributed by atoms with van der Waals surface area (Å²) in [6.45, 7) is -0.194. The third-order valence-electron chi connectivity index (χ3n) is 5.40. The summed E-state index contributed by atoms with van der Waals surface area (Å²) in [5, 5.41) is 1.77. The van der Waals surface area contributed by atoms with Gasteiger partial charge in [-0.3, -0.25) is 4.98 Å². The highest BCUT2D eigenvalue weighted by Gasteiger charge is 2.27. The summed E-state index contributed by atoms with van der Waals surface area (Å²) < 4.78 is 29.0. The van der Waals surface area contributed by atoms with E-state index in [1.807, 2.05) is 49.5 Å². The van der Waals surface area contributed by atoms with Crippen LogP contribution in [0, 0.1) is 13.8 Å². The second kappa shape index (κ2) is 6.31. The van der Waals surface area contributed by atoms with Crippen molar-refractivity contribution in [3.8, 4) is 17.1 Å². The van der Waals surface area contributed by atoms with E-state index in [0.29, 0.717) is 11.3 Å². The molecule has 0 bridgehead atoms. The number of rotatable bonds is 2. The molecule has 0 radical (unpaired) electrons. The maximum absolute atomic E-state index is 8.26. The minimum absolute atomic E-state index is 0.309. The van der Waals surface area contributed by atoms with Gasteiger partial charge in [0.15, 0.2) is 11.0 Å². The molecule has 2 heterocycles. The van der Waals surface area contributed by atoms with Gasteiger partial charge >= 0.3 is 0 Å². The Labute approximate surface area is 168 Å². The summed E-state index contributed by atoms with van der Waals surface area (Å²) in [6, 6.07) is 21.9. The molecule has 0 aliphatic heterocycles. The molecule has 136 valence electrons. The first-order chi connectivity index (χ1) is 14.9. The molecule has 0 unspecified atom stereocenters. The van der Waals surface area contributed by atoms with Gasteiger partial charge in [-0.05, 0) is 66.7 Å². The van der Waals surface area contributed by atoms with Gasteiger partial charge in [0, 0.05) is 21.9 Å². The second-order valence-electron chi connectivity index (χ2n) is 7.11. The SMILES string of the molecule is [2H]C([2H])([2H])c1cc2cnccc2cc1-n1c(-c2ccccc2C)[n+](C)c2ccccc21. The van der Waals surface area contributed by atoms with Crippen molar-refractivity contribution in [1.29, 1.82) is 0 Å². The number of aryl methyl sites for hydroxylation is 3. The number of pyridine rings is 1. The average molecular weight is 367 g/mol. The van der Waals surface area contributed by atoms with Crippen molar-refractivity contribution in [2.45, 2.75) is 13.8 Å². The van der Waals surface area contributed by atoms with Crippen LogP contribution in [-0.4, -0.2) is 9.55 Å². The lowest BCUT2D eigenvalue weighted by Crippen LogP contribution is -2.30. The van der Waals surface area contributed by atoms with Crippen LogP contribution in [-0.2, 0) is 7.05 Å². The third kappa shape index (κ3) is 2.43. The van der Waals surface area contributed by atoms with Gasteiger partial charge in [0.1, 0.15) is 5.69 Å². The minimum Gasteiger partial charge on any atom is -0.264 e. The van der Waals surface area contributed by atoms with Crippen molar-refractivity contribution in [3.05, 3.63) is 90.3 Å². The molecule has 2 aromatic heterocycles. The molecular weight excluding hydrogens is 342 g/mol. The number of fused-ring (bicyclic) bond motifs is 2. The van der Waals surface area contributed by atoms with E-state index in [1.165, 1.54) is 0 Å². The van der Waals surface area contributed by atoms with E-state index in [4.69, 9.17) is 4.11 Å². The second-order valence-corrected chi connectivity index (χ2v) is 7.11. The van der Waals surface area contributed by atoms with Gasteiger partial charge in [-0.1, -0.05) is 30.3 Å². The van der Waals surface area contributed by atoms with Gasteiger partial charge in [0.25, 0.3) is 5.82 Å². The molecule has 3 heteroatoms.